The van der Waals surface area contributed by atoms with Crippen molar-refractivity contribution in [1.29, 1.82) is 0 Å². The Bertz CT molecular complexity index is 1530. The number of ether oxygens (including phenoxy) is 3. The molecule has 0 saturated carbocycles. The first-order chi connectivity index (χ1) is 22.5. The molecule has 1 aliphatic rings. The predicted octanol–water partition coefficient (Wildman–Crippen LogP) is 4.72. The second-order valence-electron chi connectivity index (χ2n) is 12.4. The lowest BCUT2D eigenvalue weighted by atomic mass is 9.97. The van der Waals surface area contributed by atoms with E-state index in [1.54, 1.807) is 45.0 Å². The first-order valence-corrected chi connectivity index (χ1v) is 15.9. The average Bonchev–Trinajstić information content (AvgIpc) is 3.06. The number of hydrogen-bond donors (Lipinski definition) is 3. The third kappa shape index (κ3) is 10.6. The van der Waals surface area contributed by atoms with Crippen LogP contribution in [0.4, 0.5) is 5.69 Å². The van der Waals surface area contributed by atoms with E-state index in [1.165, 1.54) is 6.42 Å². The highest BCUT2D eigenvalue weighted by atomic mass is 16.6. The van der Waals surface area contributed by atoms with Gasteiger partial charge in [-0.05, 0) is 88.4 Å². The van der Waals surface area contributed by atoms with Gasteiger partial charge in [0.15, 0.2) is 5.96 Å². The van der Waals surface area contributed by atoms with Crippen LogP contribution < -0.4 is 26.4 Å². The van der Waals surface area contributed by atoms with Gasteiger partial charge in [-0.25, -0.2) is 4.99 Å². The number of piperidine rings is 1. The van der Waals surface area contributed by atoms with E-state index in [2.05, 4.69) is 21.3 Å². The number of esters is 2. The number of nitrogens with one attached hydrogen (secondary N) is 1. The minimum absolute atomic E-state index is 0.0175. The van der Waals surface area contributed by atoms with Crippen molar-refractivity contribution in [3.05, 3.63) is 89.5 Å². The zero-order valence-corrected chi connectivity index (χ0v) is 27.4. The molecule has 11 nitrogen and oxygen atoms in total. The molecular formula is C36H45N5O6. The molecule has 4 rings (SSSR count). The highest BCUT2D eigenvalue weighted by molar-refractivity contribution is 6.05. The van der Waals surface area contributed by atoms with Crippen LogP contribution in [0.15, 0.2) is 77.8 Å². The van der Waals surface area contributed by atoms with Crippen LogP contribution in [0.25, 0.3) is 0 Å². The van der Waals surface area contributed by atoms with Crippen molar-refractivity contribution in [2.24, 2.45) is 21.9 Å². The Morgan fingerprint density at radius 2 is 1.57 bits per heavy atom. The number of rotatable bonds is 12. The molecule has 1 fully saturated rings. The molecule has 1 aliphatic heterocycles. The molecule has 11 heteroatoms. The topological polar surface area (TPSA) is 159 Å². The highest BCUT2D eigenvalue weighted by Gasteiger charge is 2.23. The van der Waals surface area contributed by atoms with Gasteiger partial charge in [0.2, 0.25) is 0 Å². The van der Waals surface area contributed by atoms with Crippen molar-refractivity contribution >= 4 is 29.5 Å². The quantitative estimate of drug-likeness (QED) is 0.110. The number of hydrogen-bond acceptors (Lipinski definition) is 9. The summed E-state index contributed by atoms with van der Waals surface area (Å²) in [6.07, 6.45) is 3.66. The zero-order valence-electron chi connectivity index (χ0n) is 27.4. The average molecular weight is 644 g/mol. The summed E-state index contributed by atoms with van der Waals surface area (Å²) in [5, 5.41) is 2.66. The molecule has 5 N–H and O–H groups in total. The van der Waals surface area contributed by atoms with Gasteiger partial charge in [-0.15, -0.1) is 0 Å². The van der Waals surface area contributed by atoms with Gasteiger partial charge in [-0.2, -0.15) is 0 Å². The van der Waals surface area contributed by atoms with Gasteiger partial charge in [-0.1, -0.05) is 36.4 Å². The molecule has 1 saturated heterocycles. The maximum atomic E-state index is 12.9. The molecule has 1 atom stereocenters. The fourth-order valence-corrected chi connectivity index (χ4v) is 4.98. The Morgan fingerprint density at radius 3 is 2.26 bits per heavy atom. The molecule has 47 heavy (non-hydrogen) atoms. The monoisotopic (exact) mass is 643 g/mol. The van der Waals surface area contributed by atoms with Gasteiger partial charge in [0, 0.05) is 29.9 Å². The largest absolute Gasteiger partial charge is 0.462 e. The van der Waals surface area contributed by atoms with Gasteiger partial charge in [-0.3, -0.25) is 19.7 Å². The van der Waals surface area contributed by atoms with E-state index < -0.39 is 23.3 Å². The molecule has 0 spiro atoms. The van der Waals surface area contributed by atoms with Crippen LogP contribution in [0.5, 0.6) is 11.5 Å². The van der Waals surface area contributed by atoms with Gasteiger partial charge >= 0.3 is 11.9 Å². The number of carbonyl (C=O) groups excluding carboxylic acids is 3. The molecule has 250 valence electrons. The lowest BCUT2D eigenvalue weighted by Gasteiger charge is -2.31. The van der Waals surface area contributed by atoms with Gasteiger partial charge < -0.3 is 30.6 Å². The summed E-state index contributed by atoms with van der Waals surface area (Å²) >= 11 is 0. The SMILES string of the molecule is CC(C)(C)C(=O)OCCOC(=O)[C@@H](N)Cc1ccc(C(=O)NC(N)=NCc2c(Oc3ccccc3)cccc2N2CCCCC2)cc1. The Hall–Kier alpha value is -4.90. The number of guanidine groups is 1. The minimum atomic E-state index is -0.917. The third-order valence-corrected chi connectivity index (χ3v) is 7.57. The van der Waals surface area contributed by atoms with Crippen LogP contribution in [0.3, 0.4) is 0 Å². The fraction of sp³-hybridized carbons (Fsp3) is 0.389. The summed E-state index contributed by atoms with van der Waals surface area (Å²) in [6.45, 7) is 7.22. The number of aliphatic imine (C=N–C) groups is 1. The Labute approximate surface area is 276 Å². The summed E-state index contributed by atoms with van der Waals surface area (Å²) in [5.41, 5.74) is 14.6. The van der Waals surface area contributed by atoms with Crippen molar-refractivity contribution in [2.75, 3.05) is 31.2 Å². The van der Waals surface area contributed by atoms with Crippen LogP contribution in [-0.4, -0.2) is 56.2 Å². The summed E-state index contributed by atoms with van der Waals surface area (Å²) in [6, 6.07) is 21.3. The summed E-state index contributed by atoms with van der Waals surface area (Å²) in [7, 11) is 0. The van der Waals surface area contributed by atoms with Crippen LogP contribution >= 0.6 is 0 Å². The lowest BCUT2D eigenvalue weighted by molar-refractivity contribution is -0.158. The summed E-state index contributed by atoms with van der Waals surface area (Å²) in [4.78, 5) is 43.9. The number of carbonyl (C=O) groups is 3. The van der Waals surface area contributed by atoms with E-state index in [0.29, 0.717) is 11.3 Å². The molecule has 0 aliphatic carbocycles. The Morgan fingerprint density at radius 1 is 0.894 bits per heavy atom. The molecule has 0 aromatic heterocycles. The smallest absolute Gasteiger partial charge is 0.323 e. The predicted molar refractivity (Wildman–Crippen MR) is 181 cm³/mol. The van der Waals surface area contributed by atoms with E-state index in [-0.39, 0.29) is 38.1 Å². The first-order valence-electron chi connectivity index (χ1n) is 15.9. The number of para-hydroxylation sites is 1. The molecule has 3 aromatic rings. The fourth-order valence-electron chi connectivity index (χ4n) is 4.98. The van der Waals surface area contributed by atoms with Gasteiger partial charge in [0.1, 0.15) is 30.8 Å². The summed E-state index contributed by atoms with van der Waals surface area (Å²) in [5.74, 6) is -0.0242. The highest BCUT2D eigenvalue weighted by Crippen LogP contribution is 2.34. The van der Waals surface area contributed by atoms with E-state index >= 15 is 0 Å². The van der Waals surface area contributed by atoms with Crippen molar-refractivity contribution in [3.63, 3.8) is 0 Å². The van der Waals surface area contributed by atoms with E-state index in [4.69, 9.17) is 25.7 Å². The van der Waals surface area contributed by atoms with E-state index in [0.717, 1.165) is 48.5 Å². The maximum absolute atomic E-state index is 12.9. The second-order valence-corrected chi connectivity index (χ2v) is 12.4. The van der Waals surface area contributed by atoms with Gasteiger partial charge in [0.25, 0.3) is 5.91 Å². The molecular weight excluding hydrogens is 598 g/mol. The molecule has 0 bridgehead atoms. The Balaban J connectivity index is 1.33. The minimum Gasteiger partial charge on any atom is -0.462 e. The van der Waals surface area contributed by atoms with Crippen LogP contribution in [0.1, 0.15) is 61.5 Å². The molecule has 3 aromatic carbocycles. The van der Waals surface area contributed by atoms with Crippen LogP contribution in [-0.2, 0) is 32.0 Å². The van der Waals surface area contributed by atoms with Crippen LogP contribution in [0.2, 0.25) is 0 Å². The number of nitrogens with two attached hydrogens (primary N) is 2. The zero-order chi connectivity index (χ0) is 33.8. The van der Waals surface area contributed by atoms with Crippen molar-refractivity contribution in [1.82, 2.24) is 5.32 Å². The standard InChI is InChI=1S/C36H45N5O6/c1-36(2,3)34(44)46-22-21-45-33(43)29(37)23-25-15-17-26(18-16-25)32(42)40-35(38)39-24-28-30(41-19-8-5-9-20-41)13-10-14-31(28)47-27-11-6-4-7-12-27/h4,6-7,10-18,29H,5,8-9,19-24,37H2,1-3H3,(H3,38,39,40,42)/t29-/m0/s1. The van der Waals surface area contributed by atoms with Crippen molar-refractivity contribution in [2.45, 2.75) is 59.0 Å². The van der Waals surface area contributed by atoms with E-state index in [1.807, 2.05) is 42.5 Å². The van der Waals surface area contributed by atoms with E-state index in [9.17, 15) is 14.4 Å². The molecule has 1 amide bonds. The number of nitrogens with zero attached hydrogens (tertiary/aromatic N) is 2. The van der Waals surface area contributed by atoms with Gasteiger partial charge in [0.05, 0.1) is 12.0 Å². The number of benzene rings is 3. The third-order valence-electron chi connectivity index (χ3n) is 7.57. The lowest BCUT2D eigenvalue weighted by Crippen LogP contribution is -2.37. The number of amides is 1. The Kier molecular flexibility index (Phi) is 12.3. The summed E-state index contributed by atoms with van der Waals surface area (Å²) < 4.78 is 16.5. The second kappa shape index (κ2) is 16.6. The van der Waals surface area contributed by atoms with Crippen molar-refractivity contribution in [3.8, 4) is 11.5 Å². The number of anilines is 1. The first kappa shape index (κ1) is 35.0. The molecule has 0 radical (unpaired) electrons. The van der Waals surface area contributed by atoms with Crippen molar-refractivity contribution < 1.29 is 28.6 Å². The maximum Gasteiger partial charge on any atom is 0.323 e. The normalized spacial score (nSPS) is 14.2. The van der Waals surface area contributed by atoms with Crippen LogP contribution in [0, 0.1) is 5.41 Å². The molecule has 0 unspecified atom stereocenters. The molecule has 1 heterocycles.